The Kier molecular flexibility index (Phi) is 10.4. The summed E-state index contributed by atoms with van der Waals surface area (Å²) in [6.07, 6.45) is 2.86. The second-order valence-corrected chi connectivity index (χ2v) is 17.6. The van der Waals surface area contributed by atoms with Crippen molar-refractivity contribution >= 4 is 37.2 Å². The first kappa shape index (κ1) is 30.3. The fraction of sp³-hybridized carbons (Fsp3) is 0.655. The third kappa shape index (κ3) is 7.44. The highest BCUT2D eigenvalue weighted by molar-refractivity contribution is 7.10. The lowest BCUT2D eigenvalue weighted by Crippen LogP contribution is -2.53. The van der Waals surface area contributed by atoms with Crippen molar-refractivity contribution in [3.05, 3.63) is 39.7 Å². The predicted molar refractivity (Wildman–Crippen MR) is 156 cm³/mol. The lowest BCUT2D eigenvalue weighted by molar-refractivity contribution is -0.158. The Hall–Kier alpha value is -1.25. The molecule has 4 atom stereocenters. The maximum absolute atomic E-state index is 13.0. The van der Waals surface area contributed by atoms with Crippen molar-refractivity contribution in [3.63, 3.8) is 0 Å². The zero-order valence-electron chi connectivity index (χ0n) is 23.7. The minimum atomic E-state index is -2.14. The number of aromatic nitrogens is 1. The molecule has 0 spiro atoms. The fourth-order valence-corrected chi connectivity index (χ4v) is 7.11. The number of benzene rings is 1. The average Bonchev–Trinajstić information content (AvgIpc) is 3.33. The van der Waals surface area contributed by atoms with Gasteiger partial charge in [-0.3, -0.25) is 4.79 Å². The molecule has 1 aromatic heterocycles. The lowest BCUT2D eigenvalue weighted by atomic mass is 9.77. The molecular formula is C29H44ClNO4SSi. The lowest BCUT2D eigenvalue weighted by Gasteiger charge is -2.47. The van der Waals surface area contributed by atoms with Gasteiger partial charge in [-0.2, -0.15) is 0 Å². The van der Waals surface area contributed by atoms with Crippen LogP contribution in [0.2, 0.25) is 23.2 Å². The number of thiazole rings is 1. The maximum Gasteiger partial charge on any atom is 0.309 e. The van der Waals surface area contributed by atoms with Crippen molar-refractivity contribution in [2.45, 2.75) is 110 Å². The van der Waals surface area contributed by atoms with Gasteiger partial charge in [0.15, 0.2) is 8.32 Å². The first-order valence-corrected chi connectivity index (χ1v) is 17.8. The fourth-order valence-electron chi connectivity index (χ4n) is 4.65. The molecule has 0 amide bonds. The van der Waals surface area contributed by atoms with Crippen LogP contribution in [0.15, 0.2) is 29.6 Å². The second kappa shape index (κ2) is 12.7. The third-order valence-corrected chi connectivity index (χ3v) is 13.6. The Morgan fingerprint density at radius 3 is 2.35 bits per heavy atom. The van der Waals surface area contributed by atoms with Gasteiger partial charge < -0.3 is 13.9 Å². The third-order valence-electron chi connectivity index (χ3n) is 7.93. The molecule has 1 aliphatic carbocycles. The summed E-state index contributed by atoms with van der Waals surface area (Å²) in [5.74, 6) is -0.444. The van der Waals surface area contributed by atoms with Gasteiger partial charge in [-0.15, -0.1) is 11.3 Å². The van der Waals surface area contributed by atoms with E-state index in [4.69, 9.17) is 30.5 Å². The van der Waals surface area contributed by atoms with Crippen molar-refractivity contribution < 1.29 is 18.7 Å². The van der Waals surface area contributed by atoms with E-state index in [1.165, 1.54) is 0 Å². The Morgan fingerprint density at radius 1 is 1.14 bits per heavy atom. The molecule has 8 heteroatoms. The summed E-state index contributed by atoms with van der Waals surface area (Å²) in [5, 5.41) is 3.83. The smallest absolute Gasteiger partial charge is 0.309 e. The van der Waals surface area contributed by atoms with Gasteiger partial charge in [0.05, 0.1) is 41.5 Å². The molecule has 37 heavy (non-hydrogen) atoms. The highest BCUT2D eigenvalue weighted by atomic mass is 35.5. The minimum Gasteiger partial charge on any atom is -0.466 e. The Labute approximate surface area is 233 Å². The van der Waals surface area contributed by atoms with Gasteiger partial charge in [0.1, 0.15) is 0 Å². The molecule has 2 aromatic rings. The van der Waals surface area contributed by atoms with Crippen LogP contribution in [-0.4, -0.2) is 44.2 Å². The summed E-state index contributed by atoms with van der Waals surface area (Å²) in [6, 6.07) is 7.75. The number of hydrogen-bond donors (Lipinski definition) is 0. The molecule has 0 N–H and O–H groups in total. The van der Waals surface area contributed by atoms with Gasteiger partial charge in [-0.25, -0.2) is 4.98 Å². The summed E-state index contributed by atoms with van der Waals surface area (Å²) in [6.45, 7) is 17.9. The molecule has 1 fully saturated rings. The quantitative estimate of drug-likeness (QED) is 0.213. The molecule has 1 aliphatic rings. The van der Waals surface area contributed by atoms with E-state index < -0.39 is 8.32 Å². The average molecular weight is 566 g/mol. The highest BCUT2D eigenvalue weighted by Crippen LogP contribution is 2.46. The number of halogens is 1. The number of carbonyl (C=O) groups excluding carboxylic acids is 1. The summed E-state index contributed by atoms with van der Waals surface area (Å²) >= 11 is 7.74. The van der Waals surface area contributed by atoms with Gasteiger partial charge in [-0.05, 0) is 62.9 Å². The molecule has 0 saturated heterocycles. The monoisotopic (exact) mass is 565 g/mol. The van der Waals surface area contributed by atoms with Gasteiger partial charge >= 0.3 is 5.97 Å². The van der Waals surface area contributed by atoms with Crippen LogP contribution in [0.4, 0.5) is 0 Å². The zero-order chi connectivity index (χ0) is 27.4. The van der Waals surface area contributed by atoms with Crippen LogP contribution in [0.1, 0.15) is 78.2 Å². The molecule has 0 bridgehead atoms. The van der Waals surface area contributed by atoms with Crippen LogP contribution in [0.3, 0.4) is 0 Å². The summed E-state index contributed by atoms with van der Waals surface area (Å²) < 4.78 is 19.4. The van der Waals surface area contributed by atoms with E-state index in [0.29, 0.717) is 24.5 Å². The number of hydrogen-bond acceptors (Lipinski definition) is 6. The van der Waals surface area contributed by atoms with E-state index in [0.717, 1.165) is 29.1 Å². The Morgan fingerprint density at radius 2 is 1.78 bits per heavy atom. The molecule has 1 saturated carbocycles. The number of esters is 1. The zero-order valence-corrected chi connectivity index (χ0v) is 26.2. The van der Waals surface area contributed by atoms with Gasteiger partial charge in [-0.1, -0.05) is 58.4 Å². The SMILES string of the molecule is CCOC(=O)[C@@H]1C[C@H](c2nc(-c3ccc(Cl)cc3)cs2)[C@H](O[Si](C)(C)C(C)(C)C)[C@H](OC(CC)CC)C1. The van der Waals surface area contributed by atoms with Crippen molar-refractivity contribution in [1.82, 2.24) is 4.98 Å². The van der Waals surface area contributed by atoms with Crippen LogP contribution in [0, 0.1) is 5.92 Å². The van der Waals surface area contributed by atoms with E-state index in [9.17, 15) is 4.79 Å². The summed E-state index contributed by atoms with van der Waals surface area (Å²) in [4.78, 5) is 18.1. The van der Waals surface area contributed by atoms with Crippen molar-refractivity contribution in [1.29, 1.82) is 0 Å². The van der Waals surface area contributed by atoms with E-state index in [1.54, 1.807) is 11.3 Å². The molecular weight excluding hydrogens is 522 g/mol. The maximum atomic E-state index is 13.0. The standard InChI is InChI=1S/C29H44ClNO4SSi/c1-9-22(10-2)34-25-17-20(28(32)33-11-3)16-23(26(25)35-37(7,8)29(4,5)6)27-31-24(18-36-27)19-12-14-21(30)15-13-19/h12-15,18,20,22-23,25-26H,9-11,16-17H2,1-8H3/t20-,23+,25-,26+/m1/s1. The molecule has 5 nitrogen and oxygen atoms in total. The Bertz CT molecular complexity index is 1020. The first-order valence-electron chi connectivity index (χ1n) is 13.6. The number of ether oxygens (including phenoxy) is 2. The number of carbonyl (C=O) groups is 1. The van der Waals surface area contributed by atoms with Gasteiger partial charge in [0.25, 0.3) is 0 Å². The van der Waals surface area contributed by atoms with E-state index in [2.05, 4.69) is 53.1 Å². The molecule has 206 valence electrons. The minimum absolute atomic E-state index is 0.0480. The van der Waals surface area contributed by atoms with E-state index in [-0.39, 0.29) is 41.2 Å². The molecule has 3 rings (SSSR count). The van der Waals surface area contributed by atoms with Crippen LogP contribution in [0.5, 0.6) is 0 Å². The van der Waals surface area contributed by atoms with Gasteiger partial charge in [0, 0.05) is 21.9 Å². The highest BCUT2D eigenvalue weighted by Gasteiger charge is 2.49. The normalized spacial score (nSPS) is 22.9. The van der Waals surface area contributed by atoms with Gasteiger partial charge in [0.2, 0.25) is 0 Å². The Balaban J connectivity index is 2.04. The van der Waals surface area contributed by atoms with Crippen LogP contribution < -0.4 is 0 Å². The molecule has 0 unspecified atom stereocenters. The second-order valence-electron chi connectivity index (χ2n) is 11.6. The molecule has 0 radical (unpaired) electrons. The summed E-state index contributed by atoms with van der Waals surface area (Å²) in [5.41, 5.74) is 1.94. The predicted octanol–water partition coefficient (Wildman–Crippen LogP) is 8.48. The van der Waals surface area contributed by atoms with Crippen molar-refractivity contribution in [2.75, 3.05) is 6.61 Å². The number of rotatable bonds is 10. The first-order chi connectivity index (χ1) is 17.4. The molecule has 0 aliphatic heterocycles. The topological polar surface area (TPSA) is 57.7 Å². The summed E-state index contributed by atoms with van der Waals surface area (Å²) in [7, 11) is -2.14. The van der Waals surface area contributed by atoms with E-state index in [1.807, 2.05) is 31.2 Å². The largest absolute Gasteiger partial charge is 0.466 e. The molecule has 1 aromatic carbocycles. The van der Waals surface area contributed by atoms with Crippen molar-refractivity contribution in [2.24, 2.45) is 5.92 Å². The van der Waals surface area contributed by atoms with Crippen LogP contribution in [-0.2, 0) is 18.7 Å². The molecule has 1 heterocycles. The van der Waals surface area contributed by atoms with E-state index >= 15 is 0 Å². The van der Waals surface area contributed by atoms with Crippen LogP contribution >= 0.6 is 22.9 Å². The van der Waals surface area contributed by atoms with Crippen LogP contribution in [0.25, 0.3) is 11.3 Å². The van der Waals surface area contributed by atoms with Crippen molar-refractivity contribution in [3.8, 4) is 11.3 Å². The number of nitrogens with zero attached hydrogens (tertiary/aromatic N) is 1.